The number of hydrogen-bond acceptors (Lipinski definition) is 8. The highest BCUT2D eigenvalue weighted by Crippen LogP contribution is 2.47. The number of sulfone groups is 1. The maximum atomic E-state index is 12.3. The summed E-state index contributed by atoms with van der Waals surface area (Å²) >= 11 is 1.22. The number of benzene rings is 1. The first kappa shape index (κ1) is 22.0. The monoisotopic (exact) mass is 425 g/mol. The van der Waals surface area contributed by atoms with Gasteiger partial charge in [-0.15, -0.1) is 0 Å². The van der Waals surface area contributed by atoms with Gasteiger partial charge in [0.15, 0.2) is 14.7 Å². The second-order valence-corrected chi connectivity index (χ2v) is 9.23. The largest absolute Gasteiger partial charge is 0.465 e. The maximum Gasteiger partial charge on any atom is 0.352 e. The van der Waals surface area contributed by atoms with Crippen LogP contribution in [0.2, 0.25) is 0 Å². The topological polar surface area (TPSA) is 90.0 Å². The molecular formula is C19H23NO6S2. The lowest BCUT2D eigenvalue weighted by molar-refractivity contribution is -0.139. The van der Waals surface area contributed by atoms with Gasteiger partial charge in [0.05, 0.1) is 19.4 Å². The average Bonchev–Trinajstić information content (AvgIpc) is 2.97. The van der Waals surface area contributed by atoms with E-state index in [1.165, 1.54) is 11.8 Å². The van der Waals surface area contributed by atoms with Crippen LogP contribution in [-0.4, -0.2) is 46.9 Å². The number of ether oxygens (including phenoxy) is 2. The normalized spacial score (nSPS) is 15.0. The fraction of sp³-hybridized carbons (Fsp3) is 0.368. The van der Waals surface area contributed by atoms with Gasteiger partial charge in [-0.1, -0.05) is 30.5 Å². The summed E-state index contributed by atoms with van der Waals surface area (Å²) in [6.07, 6.45) is 2.20. The highest BCUT2D eigenvalue weighted by atomic mass is 32.2. The van der Waals surface area contributed by atoms with Crippen LogP contribution < -0.4 is 4.90 Å². The first-order chi connectivity index (χ1) is 13.2. The van der Waals surface area contributed by atoms with Crippen molar-refractivity contribution in [2.45, 2.75) is 24.7 Å². The SMILES string of the molecule is C=C(C)C(=O)OCCCCN1/C(=C(\C(=O)OC)S(C)(=O)=O)Sc2ccccc21. The summed E-state index contributed by atoms with van der Waals surface area (Å²) in [5, 5.41) is 0.328. The summed E-state index contributed by atoms with van der Waals surface area (Å²) in [5.41, 5.74) is 1.16. The smallest absolute Gasteiger partial charge is 0.352 e. The van der Waals surface area contributed by atoms with Crippen molar-refractivity contribution in [2.24, 2.45) is 0 Å². The molecule has 9 heteroatoms. The number of hydrogen-bond donors (Lipinski definition) is 0. The molecule has 0 spiro atoms. The average molecular weight is 426 g/mol. The molecule has 1 heterocycles. The molecule has 152 valence electrons. The van der Waals surface area contributed by atoms with E-state index in [9.17, 15) is 18.0 Å². The Hall–Kier alpha value is -2.26. The standard InChI is InChI=1S/C19H23NO6S2/c1-13(2)18(21)26-12-8-7-11-20-14-9-5-6-10-15(14)27-17(20)16(19(22)25-3)28(4,23)24/h5-6,9-10H,1,7-8,11-12H2,2-4H3/b17-16-. The molecule has 2 rings (SSSR count). The van der Waals surface area contributed by atoms with Crippen molar-refractivity contribution in [1.29, 1.82) is 0 Å². The first-order valence-electron chi connectivity index (χ1n) is 8.56. The van der Waals surface area contributed by atoms with E-state index >= 15 is 0 Å². The van der Waals surface area contributed by atoms with Crippen molar-refractivity contribution in [3.63, 3.8) is 0 Å². The highest BCUT2D eigenvalue weighted by Gasteiger charge is 2.35. The molecule has 0 aliphatic carbocycles. The molecular weight excluding hydrogens is 402 g/mol. The van der Waals surface area contributed by atoms with Gasteiger partial charge in [0.25, 0.3) is 0 Å². The molecule has 0 saturated carbocycles. The van der Waals surface area contributed by atoms with Crippen molar-refractivity contribution in [1.82, 2.24) is 0 Å². The zero-order valence-corrected chi connectivity index (χ0v) is 17.7. The molecule has 28 heavy (non-hydrogen) atoms. The number of carbonyl (C=O) groups is 2. The third-order valence-electron chi connectivity index (χ3n) is 3.90. The van der Waals surface area contributed by atoms with Crippen molar-refractivity contribution in [3.05, 3.63) is 46.4 Å². The lowest BCUT2D eigenvalue weighted by Crippen LogP contribution is -2.26. The summed E-state index contributed by atoms with van der Waals surface area (Å²) in [7, 11) is -2.65. The van der Waals surface area contributed by atoms with Gasteiger partial charge >= 0.3 is 11.9 Å². The Morgan fingerprint density at radius 1 is 1.18 bits per heavy atom. The Morgan fingerprint density at radius 2 is 1.86 bits per heavy atom. The van der Waals surface area contributed by atoms with E-state index in [0.29, 0.717) is 30.0 Å². The fourth-order valence-electron chi connectivity index (χ4n) is 2.58. The van der Waals surface area contributed by atoms with E-state index in [0.717, 1.165) is 23.9 Å². The zero-order chi connectivity index (χ0) is 20.9. The van der Waals surface area contributed by atoms with Gasteiger partial charge in [-0.2, -0.15) is 0 Å². The number of para-hydroxylation sites is 1. The summed E-state index contributed by atoms with van der Waals surface area (Å²) < 4.78 is 34.3. The Morgan fingerprint density at radius 3 is 2.46 bits per heavy atom. The molecule has 7 nitrogen and oxygen atoms in total. The van der Waals surface area contributed by atoms with Crippen LogP contribution in [0.5, 0.6) is 0 Å². The Bertz CT molecular complexity index is 920. The fourth-order valence-corrected chi connectivity index (χ4v) is 5.08. The predicted octanol–water partition coefficient (Wildman–Crippen LogP) is 2.88. The minimum atomic E-state index is -3.80. The Balaban J connectivity index is 2.24. The summed E-state index contributed by atoms with van der Waals surface area (Å²) in [6.45, 7) is 5.80. The van der Waals surface area contributed by atoms with E-state index in [1.54, 1.807) is 11.8 Å². The number of esters is 2. The van der Waals surface area contributed by atoms with Crippen LogP contribution in [0.1, 0.15) is 19.8 Å². The molecule has 1 aliphatic rings. The van der Waals surface area contributed by atoms with Gasteiger partial charge in [-0.05, 0) is 31.9 Å². The molecule has 1 aromatic rings. The number of unbranched alkanes of at least 4 members (excludes halogenated alkanes) is 1. The zero-order valence-electron chi connectivity index (χ0n) is 16.1. The second-order valence-electron chi connectivity index (χ2n) is 6.24. The van der Waals surface area contributed by atoms with E-state index < -0.39 is 21.8 Å². The predicted molar refractivity (Wildman–Crippen MR) is 109 cm³/mol. The van der Waals surface area contributed by atoms with Gasteiger partial charge < -0.3 is 14.4 Å². The molecule has 0 bridgehead atoms. The van der Waals surface area contributed by atoms with Gasteiger partial charge in [0.2, 0.25) is 0 Å². The van der Waals surface area contributed by atoms with Gasteiger partial charge in [-0.3, -0.25) is 0 Å². The molecule has 0 N–H and O–H groups in total. The van der Waals surface area contributed by atoms with Crippen LogP contribution in [0, 0.1) is 0 Å². The molecule has 0 unspecified atom stereocenters. The minimum Gasteiger partial charge on any atom is -0.465 e. The van der Waals surface area contributed by atoms with Crippen LogP contribution >= 0.6 is 11.8 Å². The van der Waals surface area contributed by atoms with Crippen LogP contribution in [0.4, 0.5) is 5.69 Å². The molecule has 0 amide bonds. The van der Waals surface area contributed by atoms with Crippen LogP contribution in [0.3, 0.4) is 0 Å². The van der Waals surface area contributed by atoms with Gasteiger partial charge in [0, 0.05) is 23.3 Å². The van der Waals surface area contributed by atoms with E-state index in [4.69, 9.17) is 9.47 Å². The number of nitrogens with zero attached hydrogens (tertiary/aromatic N) is 1. The van der Waals surface area contributed by atoms with E-state index in [1.807, 2.05) is 24.3 Å². The van der Waals surface area contributed by atoms with E-state index in [-0.39, 0.29) is 11.5 Å². The quantitative estimate of drug-likeness (QED) is 0.357. The van der Waals surface area contributed by atoms with Crippen LogP contribution in [-0.2, 0) is 28.9 Å². The van der Waals surface area contributed by atoms with Gasteiger partial charge in [-0.25, -0.2) is 18.0 Å². The summed E-state index contributed by atoms with van der Waals surface area (Å²) in [5.74, 6) is -1.33. The summed E-state index contributed by atoms with van der Waals surface area (Å²) in [4.78, 5) is 25.9. The van der Waals surface area contributed by atoms with Crippen molar-refractivity contribution < 1.29 is 27.5 Å². The Labute approximate surface area is 169 Å². The molecule has 0 radical (unpaired) electrons. The number of thioether (sulfide) groups is 1. The second kappa shape index (κ2) is 9.29. The van der Waals surface area contributed by atoms with Crippen molar-refractivity contribution >= 4 is 39.2 Å². The maximum absolute atomic E-state index is 12.3. The number of carbonyl (C=O) groups excluding carboxylic acids is 2. The highest BCUT2D eigenvalue weighted by molar-refractivity contribution is 8.05. The molecule has 1 aliphatic heterocycles. The molecule has 1 aromatic carbocycles. The lowest BCUT2D eigenvalue weighted by Gasteiger charge is -2.22. The van der Waals surface area contributed by atoms with Crippen LogP contribution in [0.15, 0.2) is 51.2 Å². The third-order valence-corrected chi connectivity index (χ3v) is 6.32. The lowest BCUT2D eigenvalue weighted by atomic mass is 10.2. The van der Waals surface area contributed by atoms with E-state index in [2.05, 4.69) is 6.58 Å². The molecule has 0 atom stereocenters. The molecule has 0 aromatic heterocycles. The van der Waals surface area contributed by atoms with Crippen molar-refractivity contribution in [2.75, 3.05) is 31.4 Å². The minimum absolute atomic E-state index is 0.239. The number of methoxy groups -OCH3 is 1. The first-order valence-corrected chi connectivity index (χ1v) is 11.3. The van der Waals surface area contributed by atoms with Crippen LogP contribution in [0.25, 0.3) is 0 Å². The van der Waals surface area contributed by atoms with Gasteiger partial charge in [0.1, 0.15) is 5.03 Å². The van der Waals surface area contributed by atoms with Crippen molar-refractivity contribution in [3.8, 4) is 0 Å². The molecule has 0 fully saturated rings. The number of fused-ring (bicyclic) bond motifs is 1. The Kier molecular flexibility index (Phi) is 7.31. The summed E-state index contributed by atoms with van der Waals surface area (Å²) in [6, 6.07) is 7.43. The number of anilines is 1. The third kappa shape index (κ3) is 5.17. The number of rotatable bonds is 8. The molecule has 0 saturated heterocycles.